The van der Waals surface area contributed by atoms with Crippen LogP contribution in [0.3, 0.4) is 0 Å². The summed E-state index contributed by atoms with van der Waals surface area (Å²) in [6, 6.07) is 1.79. The Morgan fingerprint density at radius 3 is 2.62 bits per heavy atom. The fraction of sp³-hybridized carbons (Fsp3) is 0.636. The molecule has 0 bridgehead atoms. The molecule has 1 aromatic heterocycles. The molecular formula is C11H19N3O2. The molecule has 0 fully saturated rings. The van der Waals surface area contributed by atoms with E-state index in [1.54, 1.807) is 13.0 Å². The van der Waals surface area contributed by atoms with E-state index in [1.165, 1.54) is 0 Å². The number of aliphatic hydroxyl groups is 1. The fourth-order valence-corrected chi connectivity index (χ4v) is 1.16. The zero-order valence-electron chi connectivity index (χ0n) is 10.2. The number of nitrogens with zero attached hydrogens (tertiary/aromatic N) is 2. The Morgan fingerprint density at radius 1 is 1.38 bits per heavy atom. The van der Waals surface area contributed by atoms with E-state index in [-0.39, 0.29) is 6.10 Å². The van der Waals surface area contributed by atoms with Crippen LogP contribution in [-0.2, 0) is 0 Å². The molecule has 5 nitrogen and oxygen atoms in total. The lowest BCUT2D eigenvalue weighted by molar-refractivity contribution is 0.207. The van der Waals surface area contributed by atoms with Gasteiger partial charge in [-0.15, -0.1) is 0 Å². The first-order valence-electron chi connectivity index (χ1n) is 5.41. The van der Waals surface area contributed by atoms with Crippen molar-refractivity contribution in [3.8, 4) is 5.88 Å². The van der Waals surface area contributed by atoms with E-state index in [2.05, 4.69) is 15.3 Å². The minimum absolute atomic E-state index is 0.0823. The Hall–Kier alpha value is -1.36. The molecular weight excluding hydrogens is 206 g/mol. The molecule has 0 amide bonds. The van der Waals surface area contributed by atoms with E-state index < -0.39 is 6.10 Å². The zero-order valence-corrected chi connectivity index (χ0v) is 10.2. The van der Waals surface area contributed by atoms with Crippen molar-refractivity contribution in [2.24, 2.45) is 0 Å². The third-order valence-corrected chi connectivity index (χ3v) is 1.74. The molecule has 1 unspecified atom stereocenters. The van der Waals surface area contributed by atoms with Gasteiger partial charge in [-0.25, -0.2) is 4.98 Å². The summed E-state index contributed by atoms with van der Waals surface area (Å²) in [6.07, 6.45) is -0.350. The number of aromatic nitrogens is 2. The minimum atomic E-state index is -0.432. The van der Waals surface area contributed by atoms with Gasteiger partial charge in [0.25, 0.3) is 0 Å². The summed E-state index contributed by atoms with van der Waals surface area (Å²) in [6.45, 7) is 7.89. The van der Waals surface area contributed by atoms with E-state index in [4.69, 9.17) is 9.84 Å². The Bertz CT molecular complexity index is 340. The number of hydrogen-bond donors (Lipinski definition) is 2. The lowest BCUT2D eigenvalue weighted by atomic mass is 10.4. The van der Waals surface area contributed by atoms with Crippen molar-refractivity contribution in [3.63, 3.8) is 0 Å². The molecule has 0 aliphatic carbocycles. The predicted octanol–water partition coefficient (Wildman–Crippen LogP) is 1.36. The number of aliphatic hydroxyl groups excluding tert-OH is 1. The van der Waals surface area contributed by atoms with Gasteiger partial charge >= 0.3 is 0 Å². The highest BCUT2D eigenvalue weighted by Gasteiger charge is 2.05. The largest absolute Gasteiger partial charge is 0.475 e. The third-order valence-electron chi connectivity index (χ3n) is 1.74. The second-order valence-electron chi connectivity index (χ2n) is 4.07. The number of aryl methyl sites for hydroxylation is 1. The molecule has 5 heteroatoms. The molecule has 0 radical (unpaired) electrons. The quantitative estimate of drug-likeness (QED) is 0.792. The SMILES string of the molecule is Cc1cc(OC(C)C)nc(NCC(C)O)n1. The molecule has 0 saturated heterocycles. The molecule has 0 spiro atoms. The second-order valence-corrected chi connectivity index (χ2v) is 4.07. The van der Waals surface area contributed by atoms with Gasteiger partial charge < -0.3 is 15.2 Å². The van der Waals surface area contributed by atoms with Gasteiger partial charge in [-0.2, -0.15) is 4.98 Å². The van der Waals surface area contributed by atoms with Crippen LogP contribution in [0.25, 0.3) is 0 Å². The summed E-state index contributed by atoms with van der Waals surface area (Å²) >= 11 is 0. The van der Waals surface area contributed by atoms with E-state index in [0.29, 0.717) is 18.4 Å². The first kappa shape index (κ1) is 12.7. The lowest BCUT2D eigenvalue weighted by Gasteiger charge is -2.12. The molecule has 1 heterocycles. The van der Waals surface area contributed by atoms with Crippen LogP contribution in [-0.4, -0.2) is 33.8 Å². The topological polar surface area (TPSA) is 67.3 Å². The van der Waals surface area contributed by atoms with Gasteiger partial charge in [-0.05, 0) is 27.7 Å². The Balaban J connectivity index is 2.73. The summed E-state index contributed by atoms with van der Waals surface area (Å²) in [5, 5.41) is 12.1. The third kappa shape index (κ3) is 4.44. The molecule has 0 aliphatic heterocycles. The van der Waals surface area contributed by atoms with Crippen LogP contribution in [0.15, 0.2) is 6.07 Å². The average molecular weight is 225 g/mol. The molecule has 1 atom stereocenters. The van der Waals surface area contributed by atoms with Crippen LogP contribution < -0.4 is 10.1 Å². The highest BCUT2D eigenvalue weighted by atomic mass is 16.5. The average Bonchev–Trinajstić information content (AvgIpc) is 2.12. The lowest BCUT2D eigenvalue weighted by Crippen LogP contribution is -2.17. The van der Waals surface area contributed by atoms with E-state index >= 15 is 0 Å². The van der Waals surface area contributed by atoms with Crippen LogP contribution in [0.1, 0.15) is 26.5 Å². The van der Waals surface area contributed by atoms with Crippen molar-refractivity contribution in [3.05, 3.63) is 11.8 Å². The molecule has 0 aliphatic rings. The maximum Gasteiger partial charge on any atom is 0.226 e. The van der Waals surface area contributed by atoms with E-state index in [1.807, 2.05) is 20.8 Å². The number of ether oxygens (including phenoxy) is 1. The van der Waals surface area contributed by atoms with Gasteiger partial charge in [0.1, 0.15) is 0 Å². The summed E-state index contributed by atoms with van der Waals surface area (Å²) in [4.78, 5) is 8.39. The van der Waals surface area contributed by atoms with Crippen molar-refractivity contribution in [1.29, 1.82) is 0 Å². The fourth-order valence-electron chi connectivity index (χ4n) is 1.16. The van der Waals surface area contributed by atoms with Gasteiger partial charge in [0.05, 0.1) is 12.2 Å². The Kier molecular flexibility index (Phi) is 4.49. The van der Waals surface area contributed by atoms with Crippen LogP contribution in [0.4, 0.5) is 5.95 Å². The van der Waals surface area contributed by atoms with Crippen LogP contribution in [0, 0.1) is 6.92 Å². The van der Waals surface area contributed by atoms with Gasteiger partial charge in [-0.3, -0.25) is 0 Å². The van der Waals surface area contributed by atoms with Gasteiger partial charge in [0.15, 0.2) is 0 Å². The van der Waals surface area contributed by atoms with Gasteiger partial charge in [0, 0.05) is 18.3 Å². The van der Waals surface area contributed by atoms with E-state index in [9.17, 15) is 0 Å². The Labute approximate surface area is 95.9 Å². The number of nitrogens with one attached hydrogen (secondary N) is 1. The first-order valence-corrected chi connectivity index (χ1v) is 5.41. The molecule has 2 N–H and O–H groups in total. The molecule has 90 valence electrons. The highest BCUT2D eigenvalue weighted by Crippen LogP contribution is 2.13. The van der Waals surface area contributed by atoms with Crippen LogP contribution in [0.2, 0.25) is 0 Å². The highest BCUT2D eigenvalue weighted by molar-refractivity contribution is 5.30. The summed E-state index contributed by atoms with van der Waals surface area (Å²) in [7, 11) is 0. The van der Waals surface area contributed by atoms with E-state index in [0.717, 1.165) is 5.69 Å². The Morgan fingerprint density at radius 2 is 2.06 bits per heavy atom. The van der Waals surface area contributed by atoms with Crippen molar-refractivity contribution in [1.82, 2.24) is 9.97 Å². The summed E-state index contributed by atoms with van der Waals surface area (Å²) in [5.74, 6) is 1.03. The normalized spacial score (nSPS) is 12.6. The minimum Gasteiger partial charge on any atom is -0.475 e. The first-order chi connectivity index (χ1) is 7.47. The summed E-state index contributed by atoms with van der Waals surface area (Å²) < 4.78 is 5.49. The molecule has 16 heavy (non-hydrogen) atoms. The van der Waals surface area contributed by atoms with Crippen LogP contribution >= 0.6 is 0 Å². The number of rotatable bonds is 5. The van der Waals surface area contributed by atoms with Crippen LogP contribution in [0.5, 0.6) is 5.88 Å². The molecule has 1 aromatic rings. The van der Waals surface area contributed by atoms with Crippen molar-refractivity contribution in [2.75, 3.05) is 11.9 Å². The second kappa shape index (κ2) is 5.65. The zero-order chi connectivity index (χ0) is 12.1. The smallest absolute Gasteiger partial charge is 0.226 e. The number of anilines is 1. The van der Waals surface area contributed by atoms with Crippen molar-refractivity contribution < 1.29 is 9.84 Å². The van der Waals surface area contributed by atoms with Gasteiger partial charge in [0.2, 0.25) is 11.8 Å². The molecule has 1 rings (SSSR count). The predicted molar refractivity (Wildman–Crippen MR) is 62.7 cm³/mol. The molecule has 0 aromatic carbocycles. The van der Waals surface area contributed by atoms with Crippen molar-refractivity contribution in [2.45, 2.75) is 39.9 Å². The standard InChI is InChI=1S/C11H19N3O2/c1-7(2)16-10-5-8(3)13-11(14-10)12-6-9(4)15/h5,7,9,15H,6H2,1-4H3,(H,12,13,14). The summed E-state index contributed by atoms with van der Waals surface area (Å²) in [5.41, 5.74) is 0.832. The monoisotopic (exact) mass is 225 g/mol. The molecule has 0 saturated carbocycles. The maximum atomic E-state index is 9.15. The van der Waals surface area contributed by atoms with Crippen molar-refractivity contribution >= 4 is 5.95 Å². The maximum absolute atomic E-state index is 9.15. The number of hydrogen-bond acceptors (Lipinski definition) is 5. The van der Waals surface area contributed by atoms with Gasteiger partial charge in [-0.1, -0.05) is 0 Å².